The van der Waals surface area contributed by atoms with Gasteiger partial charge in [0.25, 0.3) is 17.3 Å². The molecule has 220 valence electrons. The summed E-state index contributed by atoms with van der Waals surface area (Å²) in [7, 11) is 0. The molecule has 0 bridgehead atoms. The number of nitro benzene ring substituents is 2. The van der Waals surface area contributed by atoms with Gasteiger partial charge in [-0.15, -0.1) is 20.5 Å². The first kappa shape index (κ1) is 28.1. The molecule has 0 saturated heterocycles. The van der Waals surface area contributed by atoms with Crippen molar-refractivity contribution in [1.82, 2.24) is 14.1 Å². The molecule has 2 aliphatic rings. The third kappa shape index (κ3) is 5.00. The zero-order valence-electron chi connectivity index (χ0n) is 21.9. The van der Waals surface area contributed by atoms with E-state index < -0.39 is 16.0 Å². The van der Waals surface area contributed by atoms with Gasteiger partial charge in [-0.05, 0) is 50.4 Å². The van der Waals surface area contributed by atoms with E-state index in [4.69, 9.17) is 43.4 Å². The summed E-state index contributed by atoms with van der Waals surface area (Å²) >= 11 is 12.0. The molecule has 4 aromatic rings. The smallest absolute Gasteiger partial charge is 0.384 e. The van der Waals surface area contributed by atoms with Crippen molar-refractivity contribution >= 4 is 69.3 Å². The monoisotopic (exact) mass is 643 g/mol. The molecular weight excluding hydrogens is 627 g/mol. The topological polar surface area (TPSA) is 198 Å². The van der Waals surface area contributed by atoms with E-state index in [1.165, 1.54) is 28.8 Å². The molecule has 0 radical (unpaired) electrons. The van der Waals surface area contributed by atoms with Gasteiger partial charge in [0.2, 0.25) is 16.7 Å². The maximum atomic E-state index is 11.6. The van der Waals surface area contributed by atoms with Crippen LogP contribution in [0.2, 0.25) is 0 Å². The van der Waals surface area contributed by atoms with Crippen molar-refractivity contribution in [3.63, 3.8) is 0 Å². The molecule has 0 aliphatic carbocycles. The van der Waals surface area contributed by atoms with Crippen LogP contribution in [0.15, 0.2) is 56.9 Å². The molecule has 6 rings (SSSR count). The first-order valence-electron chi connectivity index (χ1n) is 12.3. The van der Waals surface area contributed by atoms with E-state index in [2.05, 4.69) is 25.4 Å². The minimum atomic E-state index is -2.59. The molecule has 2 aromatic carbocycles. The predicted molar refractivity (Wildman–Crippen MR) is 154 cm³/mol. The average Bonchev–Trinajstić information content (AvgIpc) is 3.46. The van der Waals surface area contributed by atoms with Crippen LogP contribution < -0.4 is 18.9 Å². The maximum absolute atomic E-state index is 11.6. The second-order valence-corrected chi connectivity index (χ2v) is 10.7. The van der Waals surface area contributed by atoms with Crippen LogP contribution in [0, 0.1) is 29.0 Å². The standard InChI is InChI=1S/C23H17N9O8S3/c1-3-29-19-17(24-21(29)41)27-25-13-9-11(31(33)34)5-7-15(13)37-23(39-19)38-16-8-6-12(32(35)36)10-14(16)26-28-18-20(40-23)30(4-2)22(42)43-18/h5-10H,3-4H2,1-2H3,(H,24,41). The summed E-state index contributed by atoms with van der Waals surface area (Å²) in [6.45, 7) is 4.25. The molecular formula is C23H17N9O8S3. The fourth-order valence-corrected chi connectivity index (χ4v) is 5.68. The van der Waals surface area contributed by atoms with Gasteiger partial charge in [-0.25, -0.2) is 0 Å². The Hall–Kier alpha value is -5.08. The lowest BCUT2D eigenvalue weighted by atomic mass is 10.2. The second-order valence-electron chi connectivity index (χ2n) is 8.68. The summed E-state index contributed by atoms with van der Waals surface area (Å²) in [4.78, 5) is 24.8. The van der Waals surface area contributed by atoms with E-state index >= 15 is 0 Å². The van der Waals surface area contributed by atoms with E-state index in [9.17, 15) is 20.2 Å². The quantitative estimate of drug-likeness (QED) is 0.131. The molecule has 17 nitrogen and oxygen atoms in total. The van der Waals surface area contributed by atoms with Crippen LogP contribution in [-0.2, 0) is 13.1 Å². The highest BCUT2D eigenvalue weighted by Crippen LogP contribution is 2.47. The van der Waals surface area contributed by atoms with Crippen LogP contribution in [0.5, 0.6) is 23.3 Å². The van der Waals surface area contributed by atoms with E-state index in [1.807, 2.05) is 6.92 Å². The number of hydrogen-bond donors (Lipinski definition) is 1. The lowest BCUT2D eigenvalue weighted by Gasteiger charge is -2.32. The van der Waals surface area contributed by atoms with Crippen molar-refractivity contribution in [2.45, 2.75) is 33.1 Å². The van der Waals surface area contributed by atoms with Crippen molar-refractivity contribution in [3.8, 4) is 23.3 Å². The van der Waals surface area contributed by atoms with Gasteiger partial charge in [-0.1, -0.05) is 11.3 Å². The Morgan fingerprint density at radius 3 is 1.95 bits per heavy atom. The van der Waals surface area contributed by atoms with Crippen LogP contribution in [0.3, 0.4) is 0 Å². The Balaban J connectivity index is 1.66. The number of non-ortho nitro benzene ring substituents is 2. The van der Waals surface area contributed by atoms with Gasteiger partial charge in [0.05, 0.1) is 9.85 Å². The molecule has 2 aromatic heterocycles. The van der Waals surface area contributed by atoms with Crippen LogP contribution in [0.1, 0.15) is 13.8 Å². The molecule has 0 fully saturated rings. The number of fused-ring (bicyclic) bond motifs is 4. The van der Waals surface area contributed by atoms with E-state index in [0.29, 0.717) is 17.0 Å². The first-order valence-corrected chi connectivity index (χ1v) is 14.0. The molecule has 20 heteroatoms. The van der Waals surface area contributed by atoms with Crippen LogP contribution in [0.25, 0.3) is 0 Å². The molecule has 43 heavy (non-hydrogen) atoms. The van der Waals surface area contributed by atoms with Gasteiger partial charge in [-0.2, -0.15) is 0 Å². The summed E-state index contributed by atoms with van der Waals surface area (Å²) in [6.07, 6.45) is -2.59. The molecule has 0 saturated carbocycles. The fraction of sp³-hybridized carbons (Fsp3) is 0.217. The number of nitrogens with zero attached hydrogens (tertiary/aromatic N) is 8. The number of ether oxygens (including phenoxy) is 4. The van der Waals surface area contributed by atoms with E-state index in [0.717, 1.165) is 23.5 Å². The Morgan fingerprint density at radius 2 is 1.40 bits per heavy atom. The number of nitro groups is 2. The fourth-order valence-electron chi connectivity index (χ4n) is 4.12. The first-order chi connectivity index (χ1) is 20.6. The largest absolute Gasteiger partial charge is 0.613 e. The molecule has 1 spiro atoms. The number of thiazole rings is 1. The summed E-state index contributed by atoms with van der Waals surface area (Å²) < 4.78 is 29.0. The summed E-state index contributed by atoms with van der Waals surface area (Å²) in [5, 5.41) is 40.1. The normalized spacial score (nSPS) is 16.6. The predicted octanol–water partition coefficient (Wildman–Crippen LogP) is 7.68. The van der Waals surface area contributed by atoms with Crippen molar-refractivity contribution in [2.24, 2.45) is 20.5 Å². The van der Waals surface area contributed by atoms with Crippen molar-refractivity contribution < 1.29 is 28.8 Å². The number of azo groups is 2. The number of nitrogens with one attached hydrogen (secondary N) is 1. The molecule has 1 unspecified atom stereocenters. The van der Waals surface area contributed by atoms with Crippen molar-refractivity contribution in [3.05, 3.63) is 65.4 Å². The Labute approximate surface area is 253 Å². The number of imidazole rings is 1. The average molecular weight is 644 g/mol. The molecule has 2 aliphatic heterocycles. The Kier molecular flexibility index (Phi) is 6.94. The second kappa shape index (κ2) is 10.6. The zero-order valence-corrected chi connectivity index (χ0v) is 24.4. The third-order valence-electron chi connectivity index (χ3n) is 6.11. The van der Waals surface area contributed by atoms with E-state index in [1.54, 1.807) is 11.5 Å². The number of aromatic amines is 1. The minimum Gasteiger partial charge on any atom is -0.384 e. The third-order valence-corrected chi connectivity index (χ3v) is 7.75. The number of aromatic nitrogens is 3. The van der Waals surface area contributed by atoms with Gasteiger partial charge in [0.15, 0.2) is 20.2 Å². The maximum Gasteiger partial charge on any atom is 0.613 e. The SMILES string of the molecule is CCn1c2c([nH]c1=S)N=Nc1cc([N+](=O)[O-])ccc1OC1(Oc3ccc([N+](=O)[O-])cc3N=Nc3sc(=S)n(CC)c3O1)O2. The number of rotatable bonds is 4. The van der Waals surface area contributed by atoms with Crippen LogP contribution in [0.4, 0.5) is 33.6 Å². The van der Waals surface area contributed by atoms with Crippen LogP contribution >= 0.6 is 35.8 Å². The molecule has 1 N–H and O–H groups in total. The van der Waals surface area contributed by atoms with Gasteiger partial charge in [0.1, 0.15) is 11.4 Å². The highest BCUT2D eigenvalue weighted by atomic mass is 32.1. The highest BCUT2D eigenvalue weighted by molar-refractivity contribution is 7.73. The van der Waals surface area contributed by atoms with Crippen molar-refractivity contribution in [2.75, 3.05) is 0 Å². The Bertz CT molecular complexity index is 1850. The summed E-state index contributed by atoms with van der Waals surface area (Å²) in [5.74, 6) is -0.123. The number of H-pyrrole nitrogens is 1. The minimum absolute atomic E-state index is 0.0198. The van der Waals surface area contributed by atoms with Gasteiger partial charge in [-0.3, -0.25) is 29.4 Å². The summed E-state index contributed by atoms with van der Waals surface area (Å²) in [5.41, 5.74) is -0.703. The highest BCUT2D eigenvalue weighted by Gasteiger charge is 2.49. The number of benzene rings is 2. The zero-order chi connectivity index (χ0) is 30.5. The van der Waals surface area contributed by atoms with Gasteiger partial charge < -0.3 is 23.9 Å². The summed E-state index contributed by atoms with van der Waals surface area (Å²) in [6, 6.07) is 7.22. The van der Waals surface area contributed by atoms with Crippen LogP contribution in [-0.4, -0.2) is 30.1 Å². The number of hydrogen-bond acceptors (Lipinski definition) is 15. The molecule has 1 atom stereocenters. The molecule has 4 heterocycles. The van der Waals surface area contributed by atoms with Crippen molar-refractivity contribution in [1.29, 1.82) is 0 Å². The van der Waals surface area contributed by atoms with Gasteiger partial charge >= 0.3 is 6.16 Å². The van der Waals surface area contributed by atoms with E-state index in [-0.39, 0.29) is 61.6 Å². The Morgan fingerprint density at radius 1 is 0.837 bits per heavy atom. The lowest BCUT2D eigenvalue weighted by molar-refractivity contribution is -0.385. The van der Waals surface area contributed by atoms with Gasteiger partial charge in [0, 0.05) is 37.4 Å². The molecule has 0 amide bonds. The lowest BCUT2D eigenvalue weighted by Crippen LogP contribution is -2.54.